The van der Waals surface area contributed by atoms with Crippen LogP contribution in [0.25, 0.3) is 0 Å². The molecule has 0 spiro atoms. The molecule has 1 aliphatic carbocycles. The summed E-state index contributed by atoms with van der Waals surface area (Å²) < 4.78 is 5.72. The number of carbonyl (C=O) groups is 1. The third-order valence-electron chi connectivity index (χ3n) is 5.53. The van der Waals surface area contributed by atoms with Gasteiger partial charge in [0.25, 0.3) is 0 Å². The van der Waals surface area contributed by atoms with Crippen molar-refractivity contribution in [1.82, 2.24) is 10.6 Å². The van der Waals surface area contributed by atoms with Crippen LogP contribution >= 0.6 is 0 Å². The van der Waals surface area contributed by atoms with E-state index in [0.29, 0.717) is 18.3 Å². The summed E-state index contributed by atoms with van der Waals surface area (Å²) >= 11 is 0. The molecule has 0 aromatic carbocycles. The summed E-state index contributed by atoms with van der Waals surface area (Å²) in [5, 5.41) is 6.66. The Kier molecular flexibility index (Phi) is 5.67. The maximum absolute atomic E-state index is 12.3. The molecule has 2 rings (SSSR count). The van der Waals surface area contributed by atoms with Crippen LogP contribution in [0.15, 0.2) is 0 Å². The average Bonchev–Trinajstić information content (AvgIpc) is 2.47. The fraction of sp³-hybridized carbons (Fsp3) is 0.941. The van der Waals surface area contributed by atoms with Crippen LogP contribution in [0.5, 0.6) is 0 Å². The van der Waals surface area contributed by atoms with Crippen LogP contribution < -0.4 is 10.6 Å². The van der Waals surface area contributed by atoms with Crippen LogP contribution in [-0.4, -0.2) is 37.7 Å². The second-order valence-corrected chi connectivity index (χ2v) is 7.41. The lowest BCUT2D eigenvalue weighted by Gasteiger charge is -2.51. The van der Waals surface area contributed by atoms with Crippen molar-refractivity contribution in [3.63, 3.8) is 0 Å². The Hall–Kier alpha value is -0.610. The number of hydrogen-bond acceptors (Lipinski definition) is 3. The van der Waals surface area contributed by atoms with Gasteiger partial charge in [0, 0.05) is 24.5 Å². The third kappa shape index (κ3) is 3.98. The fourth-order valence-corrected chi connectivity index (χ4v) is 3.69. The van der Waals surface area contributed by atoms with Gasteiger partial charge in [-0.25, -0.2) is 0 Å². The van der Waals surface area contributed by atoms with E-state index >= 15 is 0 Å². The van der Waals surface area contributed by atoms with E-state index in [-0.39, 0.29) is 23.5 Å². The summed E-state index contributed by atoms with van der Waals surface area (Å²) in [5.74, 6) is 1.32. The van der Waals surface area contributed by atoms with Crippen LogP contribution in [0.1, 0.15) is 53.4 Å². The van der Waals surface area contributed by atoms with Crippen molar-refractivity contribution in [2.24, 2.45) is 17.3 Å². The Bertz CT molecular complexity index is 351. The first kappa shape index (κ1) is 16.8. The summed E-state index contributed by atoms with van der Waals surface area (Å²) in [7, 11) is 0. The second kappa shape index (κ2) is 7.10. The molecule has 4 unspecified atom stereocenters. The third-order valence-corrected chi connectivity index (χ3v) is 5.53. The Labute approximate surface area is 129 Å². The molecule has 0 aromatic rings. The second-order valence-electron chi connectivity index (χ2n) is 7.41. The van der Waals surface area contributed by atoms with Crippen LogP contribution in [0, 0.1) is 17.3 Å². The van der Waals surface area contributed by atoms with Crippen LogP contribution in [0.3, 0.4) is 0 Å². The van der Waals surface area contributed by atoms with Gasteiger partial charge >= 0.3 is 0 Å². The van der Waals surface area contributed by atoms with Crippen molar-refractivity contribution in [3.05, 3.63) is 0 Å². The van der Waals surface area contributed by atoms with Crippen molar-refractivity contribution in [1.29, 1.82) is 0 Å². The van der Waals surface area contributed by atoms with Gasteiger partial charge in [-0.3, -0.25) is 4.79 Å². The number of rotatable bonds is 6. The zero-order chi connectivity index (χ0) is 15.5. The van der Waals surface area contributed by atoms with Gasteiger partial charge in [0.1, 0.15) is 0 Å². The highest BCUT2D eigenvalue weighted by molar-refractivity contribution is 5.76. The Morgan fingerprint density at radius 3 is 2.81 bits per heavy atom. The largest absolute Gasteiger partial charge is 0.378 e. The molecule has 1 heterocycles. The predicted octanol–water partition coefficient (Wildman–Crippen LogP) is 2.33. The molecule has 2 fully saturated rings. The first-order valence-electron chi connectivity index (χ1n) is 8.56. The molecule has 4 atom stereocenters. The number of amides is 1. The molecular weight excluding hydrogens is 264 g/mol. The van der Waals surface area contributed by atoms with Crippen molar-refractivity contribution in [2.45, 2.75) is 65.5 Å². The first-order valence-corrected chi connectivity index (χ1v) is 8.56. The van der Waals surface area contributed by atoms with Crippen LogP contribution in [0.4, 0.5) is 0 Å². The number of hydrogen-bond donors (Lipinski definition) is 2. The SMILES string of the molecule is CCOC1CC(NC(=O)CC(C)C2CCCNC2)C1(C)C. The molecule has 0 bridgehead atoms. The fourth-order valence-electron chi connectivity index (χ4n) is 3.69. The quantitative estimate of drug-likeness (QED) is 0.791. The predicted molar refractivity (Wildman–Crippen MR) is 85.1 cm³/mol. The highest BCUT2D eigenvalue weighted by Gasteiger charge is 2.49. The van der Waals surface area contributed by atoms with E-state index in [1.165, 1.54) is 12.8 Å². The summed E-state index contributed by atoms with van der Waals surface area (Å²) in [6, 6.07) is 0.262. The highest BCUT2D eigenvalue weighted by Crippen LogP contribution is 2.42. The molecule has 122 valence electrons. The van der Waals surface area contributed by atoms with E-state index in [4.69, 9.17) is 4.74 Å². The van der Waals surface area contributed by atoms with Gasteiger partial charge < -0.3 is 15.4 Å². The topological polar surface area (TPSA) is 50.4 Å². The summed E-state index contributed by atoms with van der Waals surface area (Å²) in [6.45, 7) is 11.6. The molecule has 2 aliphatic rings. The summed E-state index contributed by atoms with van der Waals surface area (Å²) in [5.41, 5.74) is 0.0568. The van der Waals surface area contributed by atoms with Crippen molar-refractivity contribution in [3.8, 4) is 0 Å². The van der Waals surface area contributed by atoms with Crippen molar-refractivity contribution >= 4 is 5.91 Å². The molecular formula is C17H32N2O2. The molecule has 1 saturated heterocycles. The van der Waals surface area contributed by atoms with Crippen LogP contribution in [0.2, 0.25) is 0 Å². The van der Waals surface area contributed by atoms with E-state index in [9.17, 15) is 4.79 Å². The van der Waals surface area contributed by atoms with E-state index in [2.05, 4.69) is 31.4 Å². The van der Waals surface area contributed by atoms with Gasteiger partial charge in [-0.15, -0.1) is 0 Å². The number of ether oxygens (including phenoxy) is 1. The average molecular weight is 296 g/mol. The maximum Gasteiger partial charge on any atom is 0.220 e. The molecule has 2 N–H and O–H groups in total. The Morgan fingerprint density at radius 1 is 1.48 bits per heavy atom. The first-order chi connectivity index (χ1) is 9.95. The molecule has 1 amide bonds. The monoisotopic (exact) mass is 296 g/mol. The normalized spacial score (nSPS) is 33.0. The van der Waals surface area contributed by atoms with Gasteiger partial charge in [0.15, 0.2) is 0 Å². The smallest absolute Gasteiger partial charge is 0.220 e. The Morgan fingerprint density at radius 2 is 2.24 bits per heavy atom. The van der Waals surface area contributed by atoms with Gasteiger partial charge in [-0.1, -0.05) is 20.8 Å². The lowest BCUT2D eigenvalue weighted by atomic mass is 9.64. The van der Waals surface area contributed by atoms with E-state index in [1.54, 1.807) is 0 Å². The van der Waals surface area contributed by atoms with Gasteiger partial charge in [-0.2, -0.15) is 0 Å². The minimum absolute atomic E-state index is 0.0568. The minimum atomic E-state index is 0.0568. The van der Waals surface area contributed by atoms with E-state index < -0.39 is 0 Å². The summed E-state index contributed by atoms with van der Waals surface area (Å²) in [6.07, 6.45) is 4.38. The van der Waals surface area contributed by atoms with Crippen molar-refractivity contribution in [2.75, 3.05) is 19.7 Å². The van der Waals surface area contributed by atoms with Crippen LogP contribution in [-0.2, 0) is 9.53 Å². The molecule has 4 heteroatoms. The summed E-state index contributed by atoms with van der Waals surface area (Å²) in [4.78, 5) is 12.3. The van der Waals surface area contributed by atoms with E-state index in [0.717, 1.165) is 26.1 Å². The minimum Gasteiger partial charge on any atom is -0.378 e. The standard InChI is InChI=1S/C17H32N2O2/c1-5-21-15-10-14(17(15,3)4)19-16(20)9-12(2)13-7-6-8-18-11-13/h12-15,18H,5-11H2,1-4H3,(H,19,20). The molecule has 1 saturated carbocycles. The molecule has 21 heavy (non-hydrogen) atoms. The van der Waals surface area contributed by atoms with E-state index in [1.807, 2.05) is 6.92 Å². The highest BCUT2D eigenvalue weighted by atomic mass is 16.5. The van der Waals surface area contributed by atoms with Crippen molar-refractivity contribution < 1.29 is 9.53 Å². The molecule has 1 aliphatic heterocycles. The molecule has 0 aromatic heterocycles. The molecule has 0 radical (unpaired) electrons. The van der Waals surface area contributed by atoms with Gasteiger partial charge in [0.05, 0.1) is 6.10 Å². The lowest BCUT2D eigenvalue weighted by Crippen LogP contribution is -2.62. The number of piperidine rings is 1. The maximum atomic E-state index is 12.3. The lowest BCUT2D eigenvalue weighted by molar-refractivity contribution is -0.137. The number of carbonyl (C=O) groups excluding carboxylic acids is 1. The Balaban J connectivity index is 1.75. The van der Waals surface area contributed by atoms with Gasteiger partial charge in [-0.05, 0) is 51.1 Å². The zero-order valence-electron chi connectivity index (χ0n) is 14.1. The number of nitrogens with one attached hydrogen (secondary N) is 2. The molecule has 4 nitrogen and oxygen atoms in total. The zero-order valence-corrected chi connectivity index (χ0v) is 14.1. The van der Waals surface area contributed by atoms with Gasteiger partial charge in [0.2, 0.25) is 5.91 Å².